The lowest BCUT2D eigenvalue weighted by molar-refractivity contribution is -0.173. The standard InChI is InChI=1S/C32H33F3N4O4/c1-7-43-31(41)32(34,35)25-10-8-9-23(29(25)33)18(2)36-30-24-16-21(11-13-26(24)37-19(3)38-30)20-12-14-27(42-6)22(15-20)17-28(40)39(4)5/h8-16,18H,7,17H2,1-6H3,(H,36,37,38)/t18-/m1/s1. The molecule has 0 saturated carbocycles. The largest absolute Gasteiger partial charge is 0.496 e. The first-order chi connectivity index (χ1) is 20.4. The number of fused-ring (bicyclic) bond motifs is 1. The number of carbonyl (C=O) groups excluding carboxylic acids is 2. The van der Waals surface area contributed by atoms with Crippen LogP contribution in [0.4, 0.5) is 19.0 Å². The van der Waals surface area contributed by atoms with Crippen molar-refractivity contribution < 1.29 is 32.2 Å². The molecule has 43 heavy (non-hydrogen) atoms. The molecule has 0 unspecified atom stereocenters. The molecule has 0 spiro atoms. The van der Waals surface area contributed by atoms with Crippen LogP contribution >= 0.6 is 0 Å². The number of halogens is 3. The number of carbonyl (C=O) groups is 2. The van der Waals surface area contributed by atoms with Crippen molar-refractivity contribution in [3.8, 4) is 16.9 Å². The van der Waals surface area contributed by atoms with Gasteiger partial charge < -0.3 is 19.7 Å². The van der Waals surface area contributed by atoms with E-state index in [1.807, 2.05) is 30.3 Å². The van der Waals surface area contributed by atoms with E-state index in [9.17, 15) is 18.4 Å². The number of rotatable bonds is 10. The summed E-state index contributed by atoms with van der Waals surface area (Å²) in [6, 6.07) is 13.8. The molecule has 4 aromatic rings. The maximum atomic E-state index is 15.4. The first-order valence-electron chi connectivity index (χ1n) is 13.6. The number of methoxy groups -OCH3 is 1. The highest BCUT2D eigenvalue weighted by Crippen LogP contribution is 2.36. The van der Waals surface area contributed by atoms with E-state index in [0.717, 1.165) is 22.8 Å². The topological polar surface area (TPSA) is 93.6 Å². The summed E-state index contributed by atoms with van der Waals surface area (Å²) >= 11 is 0. The maximum Gasteiger partial charge on any atom is 0.382 e. The third-order valence-corrected chi connectivity index (χ3v) is 6.98. The second kappa shape index (κ2) is 12.7. The maximum absolute atomic E-state index is 15.4. The zero-order valence-electron chi connectivity index (χ0n) is 24.8. The Kier molecular flexibility index (Phi) is 9.22. The summed E-state index contributed by atoms with van der Waals surface area (Å²) in [5.74, 6) is -5.85. The quantitative estimate of drug-likeness (QED) is 0.218. The molecule has 1 aromatic heterocycles. The number of alkyl halides is 2. The molecule has 0 bridgehead atoms. The van der Waals surface area contributed by atoms with Crippen LogP contribution in [0.2, 0.25) is 0 Å². The number of hydrogen-bond donors (Lipinski definition) is 1. The molecule has 3 aromatic carbocycles. The minimum absolute atomic E-state index is 0.0744. The Bertz CT molecular complexity index is 1680. The summed E-state index contributed by atoms with van der Waals surface area (Å²) in [7, 11) is 4.92. The highest BCUT2D eigenvalue weighted by atomic mass is 19.3. The average Bonchev–Trinajstić information content (AvgIpc) is 2.96. The smallest absolute Gasteiger partial charge is 0.382 e. The molecular formula is C32H33F3N4O4. The molecule has 1 heterocycles. The van der Waals surface area contributed by atoms with Crippen molar-refractivity contribution in [3.05, 3.63) is 82.9 Å². The molecule has 1 atom stereocenters. The Labute approximate surface area is 247 Å². The number of hydrogen-bond acceptors (Lipinski definition) is 7. The van der Waals surface area contributed by atoms with E-state index >= 15 is 4.39 Å². The normalized spacial score (nSPS) is 12.1. The number of esters is 1. The van der Waals surface area contributed by atoms with E-state index in [2.05, 4.69) is 20.0 Å². The lowest BCUT2D eigenvalue weighted by Crippen LogP contribution is -2.30. The molecule has 1 N–H and O–H groups in total. The minimum atomic E-state index is -4.16. The zero-order valence-corrected chi connectivity index (χ0v) is 24.8. The van der Waals surface area contributed by atoms with Crippen LogP contribution in [0.15, 0.2) is 54.6 Å². The van der Waals surface area contributed by atoms with Crippen molar-refractivity contribution in [3.63, 3.8) is 0 Å². The van der Waals surface area contributed by atoms with Gasteiger partial charge in [-0.1, -0.05) is 24.3 Å². The molecule has 226 valence electrons. The second-order valence-corrected chi connectivity index (χ2v) is 10.2. The Hall–Kier alpha value is -4.67. The number of amides is 1. The third-order valence-electron chi connectivity index (χ3n) is 6.98. The van der Waals surface area contributed by atoms with Crippen LogP contribution in [0.3, 0.4) is 0 Å². The van der Waals surface area contributed by atoms with Crippen LogP contribution in [-0.2, 0) is 26.7 Å². The molecule has 4 rings (SSSR count). The van der Waals surface area contributed by atoms with E-state index in [-0.39, 0.29) is 24.5 Å². The van der Waals surface area contributed by atoms with E-state index in [1.165, 1.54) is 24.0 Å². The number of anilines is 1. The molecule has 0 saturated heterocycles. The predicted molar refractivity (Wildman–Crippen MR) is 158 cm³/mol. The number of aromatic nitrogens is 2. The van der Waals surface area contributed by atoms with Crippen molar-refractivity contribution in [1.29, 1.82) is 0 Å². The van der Waals surface area contributed by atoms with Gasteiger partial charge >= 0.3 is 11.9 Å². The van der Waals surface area contributed by atoms with E-state index < -0.39 is 29.3 Å². The van der Waals surface area contributed by atoms with E-state index in [1.54, 1.807) is 41.1 Å². The number of nitrogens with one attached hydrogen (secondary N) is 1. The van der Waals surface area contributed by atoms with Crippen LogP contribution in [-0.4, -0.2) is 54.6 Å². The highest BCUT2D eigenvalue weighted by Gasteiger charge is 2.45. The number of ether oxygens (including phenoxy) is 2. The molecule has 11 heteroatoms. The van der Waals surface area contributed by atoms with Crippen LogP contribution in [0.1, 0.15) is 42.4 Å². The van der Waals surface area contributed by atoms with Crippen molar-refractivity contribution in [2.24, 2.45) is 0 Å². The van der Waals surface area contributed by atoms with Gasteiger partial charge in [0.05, 0.1) is 37.3 Å². The van der Waals surface area contributed by atoms with Gasteiger partial charge in [-0.25, -0.2) is 19.2 Å². The second-order valence-electron chi connectivity index (χ2n) is 10.2. The SMILES string of the molecule is CCOC(=O)C(F)(F)c1cccc([C@@H](C)Nc2nc(C)nc3ccc(-c4ccc(OC)c(CC(=O)N(C)C)c4)cc23)c1F. The molecular weight excluding hydrogens is 561 g/mol. The van der Waals surface area contributed by atoms with Crippen molar-refractivity contribution in [1.82, 2.24) is 14.9 Å². The van der Waals surface area contributed by atoms with Gasteiger partial charge in [-0.2, -0.15) is 8.78 Å². The number of likely N-dealkylation sites (N-methyl/N-ethyl adjacent to an activating group) is 1. The first-order valence-corrected chi connectivity index (χ1v) is 13.6. The molecule has 0 aliphatic rings. The fourth-order valence-electron chi connectivity index (χ4n) is 4.69. The van der Waals surface area contributed by atoms with E-state index in [4.69, 9.17) is 4.74 Å². The van der Waals surface area contributed by atoms with Crippen LogP contribution in [0.5, 0.6) is 5.75 Å². The van der Waals surface area contributed by atoms with Gasteiger partial charge in [-0.3, -0.25) is 4.79 Å². The van der Waals surface area contributed by atoms with Gasteiger partial charge in [0.2, 0.25) is 5.91 Å². The third kappa shape index (κ3) is 6.55. The Morgan fingerprint density at radius 1 is 1.05 bits per heavy atom. The van der Waals surface area contributed by atoms with Crippen molar-refractivity contribution in [2.75, 3.05) is 33.1 Å². The fourth-order valence-corrected chi connectivity index (χ4v) is 4.69. The summed E-state index contributed by atoms with van der Waals surface area (Å²) in [4.78, 5) is 34.8. The van der Waals surface area contributed by atoms with Crippen LogP contribution in [0, 0.1) is 12.7 Å². The van der Waals surface area contributed by atoms with Crippen LogP contribution < -0.4 is 10.1 Å². The van der Waals surface area contributed by atoms with E-state index in [0.29, 0.717) is 28.3 Å². The number of nitrogens with zero attached hydrogens (tertiary/aromatic N) is 3. The van der Waals surface area contributed by atoms with Gasteiger partial charge in [0, 0.05) is 30.6 Å². The monoisotopic (exact) mass is 594 g/mol. The van der Waals surface area contributed by atoms with Gasteiger partial charge in [-0.15, -0.1) is 0 Å². The Morgan fingerprint density at radius 3 is 2.42 bits per heavy atom. The molecule has 1 amide bonds. The zero-order chi connectivity index (χ0) is 31.5. The lowest BCUT2D eigenvalue weighted by atomic mass is 9.98. The van der Waals surface area contributed by atoms with Crippen molar-refractivity contribution in [2.45, 2.75) is 39.2 Å². The van der Waals surface area contributed by atoms with Gasteiger partial charge in [0.1, 0.15) is 23.2 Å². The molecule has 8 nitrogen and oxygen atoms in total. The highest BCUT2D eigenvalue weighted by molar-refractivity contribution is 5.93. The Morgan fingerprint density at radius 2 is 1.74 bits per heavy atom. The number of aryl methyl sites for hydroxylation is 1. The molecule has 0 aliphatic carbocycles. The summed E-state index contributed by atoms with van der Waals surface area (Å²) in [6.07, 6.45) is 0.157. The summed E-state index contributed by atoms with van der Waals surface area (Å²) in [6.45, 7) is 4.45. The molecule has 0 aliphatic heterocycles. The summed E-state index contributed by atoms with van der Waals surface area (Å²) in [5.41, 5.74) is 1.83. The molecule has 0 fully saturated rings. The van der Waals surface area contributed by atoms with Crippen LogP contribution in [0.25, 0.3) is 22.0 Å². The number of benzene rings is 3. The van der Waals surface area contributed by atoms with Gasteiger partial charge in [-0.05, 0) is 62.2 Å². The van der Waals surface area contributed by atoms with Gasteiger partial charge in [0.15, 0.2) is 0 Å². The lowest BCUT2D eigenvalue weighted by Gasteiger charge is -2.21. The van der Waals surface area contributed by atoms with Crippen molar-refractivity contribution >= 4 is 28.6 Å². The summed E-state index contributed by atoms with van der Waals surface area (Å²) in [5, 5.41) is 3.76. The fraction of sp³-hybridized carbons (Fsp3) is 0.312. The predicted octanol–water partition coefficient (Wildman–Crippen LogP) is 6.21. The summed E-state index contributed by atoms with van der Waals surface area (Å²) < 4.78 is 54.8. The Balaban J connectivity index is 1.73. The molecule has 0 radical (unpaired) electrons. The first kappa shape index (κ1) is 31.3. The van der Waals surface area contributed by atoms with Gasteiger partial charge in [0.25, 0.3) is 0 Å². The average molecular weight is 595 g/mol. The minimum Gasteiger partial charge on any atom is -0.496 e.